The topological polar surface area (TPSA) is 65.0 Å². The van der Waals surface area contributed by atoms with E-state index < -0.39 is 6.10 Å². The molecule has 0 aliphatic heterocycles. The smallest absolute Gasteiger partial charge is 0.303 e. The van der Waals surface area contributed by atoms with Crippen LogP contribution in [-0.4, -0.2) is 42.9 Å². The number of ether oxygens (including phenoxy) is 3. The molecule has 1 aromatic rings. The molecule has 7 heteroatoms. The van der Waals surface area contributed by atoms with Crippen molar-refractivity contribution in [3.05, 3.63) is 47.9 Å². The van der Waals surface area contributed by atoms with E-state index in [1.54, 1.807) is 7.11 Å². The zero-order chi connectivity index (χ0) is 22.8. The van der Waals surface area contributed by atoms with E-state index in [2.05, 4.69) is 32.9 Å². The Morgan fingerprint density at radius 3 is 2.56 bits per heavy atom. The second kappa shape index (κ2) is 15.4. The van der Waals surface area contributed by atoms with Crippen molar-refractivity contribution in [2.75, 3.05) is 20.3 Å². The summed E-state index contributed by atoms with van der Waals surface area (Å²) in [5.74, 6) is 0.738. The van der Waals surface area contributed by atoms with E-state index >= 15 is 0 Å². The Hall–Kier alpha value is -0.456. The first-order valence-electron chi connectivity index (χ1n) is 11.0. The summed E-state index contributed by atoms with van der Waals surface area (Å²) in [7, 11) is 1.69. The quantitative estimate of drug-likeness (QED) is 0.134. The maximum absolute atomic E-state index is 11.3. The van der Waals surface area contributed by atoms with Gasteiger partial charge in [0.15, 0.2) is 0 Å². The maximum Gasteiger partial charge on any atom is 0.303 e. The van der Waals surface area contributed by atoms with Gasteiger partial charge in [-0.25, -0.2) is 0 Å². The number of aliphatic hydroxyl groups excluding tert-OH is 1. The van der Waals surface area contributed by atoms with Gasteiger partial charge in [0.1, 0.15) is 5.75 Å². The van der Waals surface area contributed by atoms with Gasteiger partial charge in [-0.3, -0.25) is 4.79 Å². The molecule has 1 saturated carbocycles. The molecule has 0 heterocycles. The number of halogens is 1. The first kappa shape index (κ1) is 29.6. The molecule has 32 heavy (non-hydrogen) atoms. The minimum atomic E-state index is -0.465. The molecule has 0 bridgehead atoms. The number of methoxy groups -OCH3 is 1. The van der Waals surface area contributed by atoms with Crippen LogP contribution in [0, 0.1) is 32.6 Å². The van der Waals surface area contributed by atoms with Crippen molar-refractivity contribution in [1.29, 1.82) is 0 Å². The van der Waals surface area contributed by atoms with Crippen LogP contribution in [0.4, 0.5) is 0 Å². The van der Waals surface area contributed by atoms with Crippen LogP contribution < -0.4 is 4.74 Å². The average Bonchev–Trinajstić information content (AvgIpc) is 2.98. The number of aryl methyl sites for hydroxylation is 2. The zero-order valence-corrected chi connectivity index (χ0v) is 23.1. The van der Waals surface area contributed by atoms with Crippen molar-refractivity contribution >= 4 is 17.6 Å². The van der Waals surface area contributed by atoms with E-state index in [4.69, 9.17) is 25.8 Å². The molecule has 2 rings (SSSR count). The van der Waals surface area contributed by atoms with Gasteiger partial charge in [0.05, 0.1) is 19.3 Å². The van der Waals surface area contributed by atoms with Crippen LogP contribution >= 0.6 is 11.6 Å². The number of carbonyl (C=O) groups excluding carboxylic acids is 1. The molecule has 0 unspecified atom stereocenters. The number of carbonyl (C=O) groups is 1. The molecule has 5 nitrogen and oxygen atoms in total. The van der Waals surface area contributed by atoms with Crippen molar-refractivity contribution in [3.63, 3.8) is 0 Å². The summed E-state index contributed by atoms with van der Waals surface area (Å²) in [6.07, 6.45) is 7.03. The number of benzene rings is 1. The normalized spacial score (nSPS) is 22.7. The Bertz CT molecular complexity index is 716. The van der Waals surface area contributed by atoms with Crippen molar-refractivity contribution in [3.8, 4) is 5.75 Å². The van der Waals surface area contributed by atoms with Crippen molar-refractivity contribution < 1.29 is 56.8 Å². The maximum atomic E-state index is 11.3. The third-order valence-corrected chi connectivity index (χ3v) is 6.47. The Morgan fingerprint density at radius 2 is 1.94 bits per heavy atom. The van der Waals surface area contributed by atoms with E-state index in [9.17, 15) is 9.90 Å². The molecule has 0 saturated heterocycles. The minimum absolute atomic E-state index is 0. The van der Waals surface area contributed by atoms with Gasteiger partial charge in [-0.1, -0.05) is 12.2 Å². The molecule has 1 N–H and O–H groups in total. The molecule has 1 fully saturated rings. The largest absolute Gasteiger partial charge is 0.499 e. The fraction of sp³-hybridized carbons (Fsp3) is 0.600. The van der Waals surface area contributed by atoms with Crippen molar-refractivity contribution in [2.24, 2.45) is 11.8 Å². The van der Waals surface area contributed by atoms with Gasteiger partial charge in [-0.2, -0.15) is 0 Å². The molecular weight excluding hydrogens is 505 g/mol. The van der Waals surface area contributed by atoms with Gasteiger partial charge < -0.3 is 26.2 Å². The van der Waals surface area contributed by atoms with Crippen LogP contribution in [0.1, 0.15) is 48.8 Å². The van der Waals surface area contributed by atoms with E-state index in [-0.39, 0.29) is 62.5 Å². The van der Waals surface area contributed by atoms with Gasteiger partial charge in [0.2, 0.25) is 0 Å². The fourth-order valence-electron chi connectivity index (χ4n) is 4.21. The number of hydrogen-bond donors (Lipinski definition) is 1. The number of aliphatic hydroxyl groups is 1. The number of alkyl halides is 1. The van der Waals surface area contributed by atoms with Crippen molar-refractivity contribution in [1.82, 2.24) is 0 Å². The van der Waals surface area contributed by atoms with E-state index in [1.807, 2.05) is 12.1 Å². The average molecular weight is 541 g/mol. The molecule has 0 amide bonds. The summed E-state index contributed by atoms with van der Waals surface area (Å²) in [6.45, 7) is 8.80. The summed E-state index contributed by atoms with van der Waals surface area (Å²) in [5, 5.41) is 10.4. The van der Waals surface area contributed by atoms with Gasteiger partial charge in [0, 0.05) is 57.5 Å². The summed E-state index contributed by atoms with van der Waals surface area (Å²) in [4.78, 5) is 11.3. The second-order valence-corrected chi connectivity index (χ2v) is 8.81. The third kappa shape index (κ3) is 9.06. The monoisotopic (exact) mass is 540 g/mol. The first-order valence-corrected chi connectivity index (χ1v) is 11.4. The summed E-state index contributed by atoms with van der Waals surface area (Å²) in [6, 6.07) is 4.05. The van der Waals surface area contributed by atoms with Crippen LogP contribution in [-0.2, 0) is 53.6 Å². The number of allylic oxidation sites excluding steroid dienone is 2. The molecule has 4 atom stereocenters. The van der Waals surface area contributed by atoms with Crippen LogP contribution in [0.5, 0.6) is 5.75 Å². The second-order valence-electron chi connectivity index (χ2n) is 8.25. The molecule has 0 spiro atoms. The van der Waals surface area contributed by atoms with Gasteiger partial charge in [-0.15, -0.1) is 11.6 Å². The van der Waals surface area contributed by atoms with Crippen LogP contribution in [0.25, 0.3) is 0 Å². The molecule has 1 radical (unpaired) electrons. The Morgan fingerprint density at radius 1 is 1.25 bits per heavy atom. The molecule has 0 aromatic heterocycles. The Kier molecular flexibility index (Phi) is 14.3. The summed E-state index contributed by atoms with van der Waals surface area (Å²) >= 11 is 6.54. The Balaban J connectivity index is 0.00000512. The predicted octanol–water partition coefficient (Wildman–Crippen LogP) is 4.92. The molecule has 1 aliphatic rings. The van der Waals surface area contributed by atoms with Crippen LogP contribution in [0.2, 0.25) is 0 Å². The van der Waals surface area contributed by atoms with Gasteiger partial charge in [0.25, 0.3) is 0 Å². The van der Waals surface area contributed by atoms with E-state index in [0.29, 0.717) is 26.1 Å². The summed E-state index contributed by atoms with van der Waals surface area (Å²) < 4.78 is 16.2. The fourth-order valence-corrected chi connectivity index (χ4v) is 4.69. The van der Waals surface area contributed by atoms with Crippen LogP contribution in [0.3, 0.4) is 0 Å². The minimum Gasteiger partial charge on any atom is -0.499 e. The van der Waals surface area contributed by atoms with E-state index in [0.717, 1.165) is 36.1 Å². The summed E-state index contributed by atoms with van der Waals surface area (Å²) in [5.41, 5.74) is 3.45. The van der Waals surface area contributed by atoms with Crippen molar-refractivity contribution in [2.45, 2.75) is 64.0 Å². The standard InChI is InChI=1S/C25H36ClO5.Y/c1-5-30-25(28)11-9-7-6-8-10-20-22(24(27)14-23(20)26)16-31-19-12-17(2)21(15-29-4)18(3)13-19;/h6,8,12-13,20,22-24,27H,1,5,7,9-11,14-16H2,2-4H3;/q-1;/b8-6-;/t20-,22-,23-,24-;/m1./s1. The predicted molar refractivity (Wildman–Crippen MR) is 123 cm³/mol. The molecule has 1 aliphatic carbocycles. The van der Waals surface area contributed by atoms with Crippen LogP contribution in [0.15, 0.2) is 24.3 Å². The first-order chi connectivity index (χ1) is 14.9. The SMILES string of the molecule is [CH2-]COC(=O)CCC/C=C\C[C@@H]1[C@@H](COc2cc(C)c(COC)c(C)c2)[C@H](O)C[C@H]1Cl.[Y]. The van der Waals surface area contributed by atoms with Gasteiger partial charge in [-0.05, 0) is 80.9 Å². The molecule has 1 aromatic carbocycles. The Labute approximate surface area is 223 Å². The number of hydrogen-bond acceptors (Lipinski definition) is 5. The molecular formula is C25H36ClO5Y-. The molecule has 177 valence electrons. The number of unbranched alkanes of at least 4 members (excludes halogenated alkanes) is 1. The number of esters is 1. The third-order valence-electron chi connectivity index (χ3n) is 5.97. The zero-order valence-electron chi connectivity index (χ0n) is 19.5. The van der Waals surface area contributed by atoms with E-state index in [1.165, 1.54) is 5.56 Å². The number of rotatable bonds is 12. The van der Waals surface area contributed by atoms with Gasteiger partial charge >= 0.3 is 5.97 Å².